The topological polar surface area (TPSA) is 94.7 Å². The number of hydrogen-bond donors (Lipinski definition) is 1. The lowest BCUT2D eigenvalue weighted by molar-refractivity contribution is 0.102. The van der Waals surface area contributed by atoms with E-state index in [-0.39, 0.29) is 11.5 Å². The molecule has 32 heavy (non-hydrogen) atoms. The largest absolute Gasteiger partial charge is 0.322 e. The third-order valence-corrected chi connectivity index (χ3v) is 5.14. The molecule has 1 N–H and O–H groups in total. The fourth-order valence-electron chi connectivity index (χ4n) is 3.55. The van der Waals surface area contributed by atoms with Gasteiger partial charge in [0.15, 0.2) is 0 Å². The first-order valence-corrected chi connectivity index (χ1v) is 9.95. The number of nitrogens with zero attached hydrogens (tertiary/aromatic N) is 5. The molecule has 0 bridgehead atoms. The molecule has 156 valence electrons. The number of anilines is 1. The zero-order chi connectivity index (χ0) is 22.1. The second-order valence-corrected chi connectivity index (χ2v) is 7.20. The molecule has 0 atom stereocenters. The van der Waals surface area contributed by atoms with Crippen molar-refractivity contribution in [3.8, 4) is 11.4 Å². The highest BCUT2D eigenvalue weighted by atomic mass is 16.1. The maximum Gasteiger partial charge on any atom is 0.265 e. The van der Waals surface area contributed by atoms with E-state index in [4.69, 9.17) is 0 Å². The zero-order valence-corrected chi connectivity index (χ0v) is 17.1. The van der Waals surface area contributed by atoms with E-state index < -0.39 is 0 Å². The van der Waals surface area contributed by atoms with Gasteiger partial charge in [0.05, 0.1) is 22.3 Å². The minimum Gasteiger partial charge on any atom is -0.322 e. The van der Waals surface area contributed by atoms with E-state index in [0.717, 1.165) is 5.69 Å². The van der Waals surface area contributed by atoms with Gasteiger partial charge < -0.3 is 5.32 Å². The summed E-state index contributed by atoms with van der Waals surface area (Å²) in [5.41, 5.74) is 3.16. The van der Waals surface area contributed by atoms with Gasteiger partial charge in [-0.05, 0) is 67.6 Å². The van der Waals surface area contributed by atoms with Crippen LogP contribution in [0.3, 0.4) is 0 Å². The number of carbonyl (C=O) groups excluding carboxylic acids is 1. The molecular formula is C24H18N6O2. The molecule has 8 heteroatoms. The van der Waals surface area contributed by atoms with Gasteiger partial charge in [-0.2, -0.15) is 5.10 Å². The smallest absolute Gasteiger partial charge is 0.265 e. The lowest BCUT2D eigenvalue weighted by atomic mass is 10.1. The molecule has 2 aromatic heterocycles. The number of carbonyl (C=O) groups is 1. The average molecular weight is 422 g/mol. The van der Waals surface area contributed by atoms with Crippen LogP contribution < -0.4 is 10.9 Å². The van der Waals surface area contributed by atoms with Crippen molar-refractivity contribution in [1.29, 1.82) is 0 Å². The fourth-order valence-corrected chi connectivity index (χ4v) is 3.55. The molecule has 0 saturated heterocycles. The second kappa shape index (κ2) is 7.92. The fraction of sp³-hybridized carbons (Fsp3) is 0.0417. The molecule has 0 aliphatic carbocycles. The molecule has 5 aromatic rings. The maximum absolute atomic E-state index is 13.0. The number of fused-ring (bicyclic) bond motifs is 1. The van der Waals surface area contributed by atoms with Gasteiger partial charge in [0, 0.05) is 11.3 Å². The van der Waals surface area contributed by atoms with Gasteiger partial charge in [0.2, 0.25) is 0 Å². The molecule has 8 nitrogen and oxygen atoms in total. The average Bonchev–Trinajstić information content (AvgIpc) is 3.35. The molecule has 1 amide bonds. The van der Waals surface area contributed by atoms with Crippen LogP contribution in [0, 0.1) is 6.92 Å². The van der Waals surface area contributed by atoms with Gasteiger partial charge in [0.25, 0.3) is 11.5 Å². The van der Waals surface area contributed by atoms with E-state index in [1.54, 1.807) is 65.0 Å². The third kappa shape index (κ3) is 3.54. The Bertz CT molecular complexity index is 1470. The summed E-state index contributed by atoms with van der Waals surface area (Å²) in [7, 11) is 0. The van der Waals surface area contributed by atoms with Crippen LogP contribution in [0.25, 0.3) is 22.3 Å². The Morgan fingerprint density at radius 3 is 2.34 bits per heavy atom. The van der Waals surface area contributed by atoms with Gasteiger partial charge in [-0.3, -0.25) is 14.2 Å². The van der Waals surface area contributed by atoms with E-state index in [0.29, 0.717) is 33.7 Å². The Labute approximate surface area is 182 Å². The van der Waals surface area contributed by atoms with Crippen molar-refractivity contribution in [2.75, 3.05) is 5.32 Å². The molecule has 0 unspecified atom stereocenters. The molecule has 0 radical (unpaired) electrons. The molecule has 0 aliphatic heterocycles. The van der Waals surface area contributed by atoms with Crippen molar-refractivity contribution in [1.82, 2.24) is 24.3 Å². The predicted molar refractivity (Wildman–Crippen MR) is 121 cm³/mol. The first-order chi connectivity index (χ1) is 15.6. The summed E-state index contributed by atoms with van der Waals surface area (Å²) < 4.78 is 3.18. The quantitative estimate of drug-likeness (QED) is 0.478. The second-order valence-electron chi connectivity index (χ2n) is 7.20. The normalized spacial score (nSPS) is 10.9. The minimum atomic E-state index is -0.245. The number of amides is 1. The van der Waals surface area contributed by atoms with Crippen molar-refractivity contribution in [3.05, 3.63) is 107 Å². The first-order valence-electron chi connectivity index (χ1n) is 9.95. The number of para-hydroxylation sites is 1. The highest BCUT2D eigenvalue weighted by Gasteiger charge is 2.11. The number of nitrogens with one attached hydrogen (secondary N) is 1. The van der Waals surface area contributed by atoms with Crippen molar-refractivity contribution < 1.29 is 4.79 Å². The van der Waals surface area contributed by atoms with Gasteiger partial charge >= 0.3 is 0 Å². The lowest BCUT2D eigenvalue weighted by Gasteiger charge is -2.12. The van der Waals surface area contributed by atoms with Crippen LogP contribution in [-0.2, 0) is 0 Å². The maximum atomic E-state index is 13.0. The van der Waals surface area contributed by atoms with Crippen LogP contribution >= 0.6 is 0 Å². The van der Waals surface area contributed by atoms with Crippen LogP contribution in [0.5, 0.6) is 0 Å². The number of aromatic nitrogens is 5. The Kier molecular flexibility index (Phi) is 4.79. The summed E-state index contributed by atoms with van der Waals surface area (Å²) in [6, 6.07) is 21.4. The van der Waals surface area contributed by atoms with E-state index in [1.807, 2.05) is 30.3 Å². The molecule has 0 fully saturated rings. The Morgan fingerprint density at radius 1 is 0.906 bits per heavy atom. The number of hydrogen-bond acceptors (Lipinski definition) is 5. The summed E-state index contributed by atoms with van der Waals surface area (Å²) in [6.45, 7) is 1.79. The highest BCUT2D eigenvalue weighted by Crippen LogP contribution is 2.16. The van der Waals surface area contributed by atoms with Gasteiger partial charge in [-0.15, -0.1) is 0 Å². The summed E-state index contributed by atoms with van der Waals surface area (Å²) in [5, 5.41) is 7.50. The molecule has 0 spiro atoms. The molecule has 3 aromatic carbocycles. The monoisotopic (exact) mass is 422 g/mol. The predicted octanol–water partition coefficient (Wildman–Crippen LogP) is 3.53. The molecule has 2 heterocycles. The van der Waals surface area contributed by atoms with Gasteiger partial charge in [-0.25, -0.2) is 14.6 Å². The number of benzene rings is 3. The number of aryl methyl sites for hydroxylation is 1. The molecule has 0 aliphatic rings. The van der Waals surface area contributed by atoms with Crippen molar-refractivity contribution in [3.63, 3.8) is 0 Å². The summed E-state index contributed by atoms with van der Waals surface area (Å²) >= 11 is 0. The standard InChI is InChI=1S/C24H18N6O2/c1-16-27-22-5-3-2-4-21(22)24(32)30(16)20-10-6-17(7-11-20)23(31)28-18-8-12-19(13-9-18)29-15-25-14-26-29/h2-15H,1H3,(H,28,31). The van der Waals surface area contributed by atoms with Gasteiger partial charge in [0.1, 0.15) is 18.5 Å². The van der Waals surface area contributed by atoms with Crippen LogP contribution in [0.15, 0.2) is 90.2 Å². The van der Waals surface area contributed by atoms with Gasteiger partial charge in [-0.1, -0.05) is 12.1 Å². The zero-order valence-electron chi connectivity index (χ0n) is 17.1. The molecule has 5 rings (SSSR count). The third-order valence-electron chi connectivity index (χ3n) is 5.14. The van der Waals surface area contributed by atoms with Crippen molar-refractivity contribution in [2.45, 2.75) is 6.92 Å². The minimum absolute atomic E-state index is 0.141. The van der Waals surface area contributed by atoms with E-state index in [1.165, 1.54) is 6.33 Å². The highest BCUT2D eigenvalue weighted by molar-refractivity contribution is 6.04. The number of rotatable bonds is 4. The van der Waals surface area contributed by atoms with E-state index in [9.17, 15) is 9.59 Å². The lowest BCUT2D eigenvalue weighted by Crippen LogP contribution is -2.22. The first kappa shape index (κ1) is 19.4. The van der Waals surface area contributed by atoms with E-state index >= 15 is 0 Å². The molecule has 0 saturated carbocycles. The molecular weight excluding hydrogens is 404 g/mol. The Balaban J connectivity index is 1.37. The van der Waals surface area contributed by atoms with Crippen LogP contribution in [0.1, 0.15) is 16.2 Å². The summed E-state index contributed by atoms with van der Waals surface area (Å²) in [4.78, 5) is 34.1. The SMILES string of the molecule is Cc1nc2ccccc2c(=O)n1-c1ccc(C(=O)Nc2ccc(-n3cncn3)cc2)cc1. The van der Waals surface area contributed by atoms with Crippen LogP contribution in [0.2, 0.25) is 0 Å². The van der Waals surface area contributed by atoms with Crippen molar-refractivity contribution >= 4 is 22.5 Å². The Morgan fingerprint density at radius 2 is 1.62 bits per heavy atom. The van der Waals surface area contributed by atoms with Crippen LogP contribution in [0.4, 0.5) is 5.69 Å². The summed E-state index contributed by atoms with van der Waals surface area (Å²) in [6.07, 6.45) is 3.07. The summed E-state index contributed by atoms with van der Waals surface area (Å²) in [5.74, 6) is 0.337. The van der Waals surface area contributed by atoms with Crippen LogP contribution in [-0.4, -0.2) is 30.2 Å². The Hall–Kier alpha value is -4.59. The van der Waals surface area contributed by atoms with Crippen molar-refractivity contribution in [2.24, 2.45) is 0 Å². The van der Waals surface area contributed by atoms with E-state index in [2.05, 4.69) is 20.4 Å².